The molecule has 0 amide bonds. The van der Waals surface area contributed by atoms with Crippen molar-refractivity contribution in [2.24, 2.45) is 0 Å². The zero-order valence-corrected chi connectivity index (χ0v) is 13.5. The van der Waals surface area contributed by atoms with Crippen molar-refractivity contribution in [2.75, 3.05) is 0 Å². The first kappa shape index (κ1) is 17.1. The molecule has 0 unspecified atom stereocenters. The van der Waals surface area contributed by atoms with Crippen LogP contribution in [0.5, 0.6) is 11.8 Å². The van der Waals surface area contributed by atoms with E-state index in [9.17, 15) is 13.2 Å². The van der Waals surface area contributed by atoms with Gasteiger partial charge in [-0.3, -0.25) is 4.98 Å². The topological polar surface area (TPSA) is 60.8 Å². The third kappa shape index (κ3) is 4.03. The molecule has 0 atom stereocenters. The molecule has 3 rings (SSSR count). The van der Waals surface area contributed by atoms with Gasteiger partial charge in [-0.15, -0.1) is 0 Å². The Hall–Kier alpha value is -2.74. The molecule has 0 aliphatic carbocycles. The molecule has 0 bridgehead atoms. The molecule has 0 N–H and O–H groups in total. The quantitative estimate of drug-likeness (QED) is 0.672. The summed E-state index contributed by atoms with van der Waals surface area (Å²) < 4.78 is 43.7. The van der Waals surface area contributed by atoms with E-state index in [0.717, 1.165) is 6.07 Å². The lowest BCUT2D eigenvalue weighted by Crippen LogP contribution is -2.06. The van der Waals surface area contributed by atoms with Gasteiger partial charge < -0.3 is 4.74 Å². The summed E-state index contributed by atoms with van der Waals surface area (Å²) >= 11 is 5.94. The van der Waals surface area contributed by atoms with Crippen molar-refractivity contribution in [1.82, 2.24) is 19.9 Å². The fourth-order valence-electron chi connectivity index (χ4n) is 1.97. The van der Waals surface area contributed by atoms with Gasteiger partial charge in [0.1, 0.15) is 5.69 Å². The van der Waals surface area contributed by atoms with Crippen molar-refractivity contribution in [3.8, 4) is 23.3 Å². The number of pyridine rings is 2. The normalized spacial score (nSPS) is 11.4. The van der Waals surface area contributed by atoms with Crippen LogP contribution >= 0.6 is 11.6 Å². The number of alkyl halides is 3. The Bertz CT molecular complexity index is 904. The molecule has 0 radical (unpaired) electrons. The molecule has 3 aromatic rings. The van der Waals surface area contributed by atoms with Crippen molar-refractivity contribution in [3.63, 3.8) is 0 Å². The minimum absolute atomic E-state index is 0.0317. The molecule has 0 aromatic carbocycles. The predicted octanol–water partition coefficient (Wildman–Crippen LogP) is 4.71. The average Bonchev–Trinajstić information content (AvgIpc) is 2.54. The van der Waals surface area contributed by atoms with Gasteiger partial charge in [-0.25, -0.2) is 9.97 Å². The number of halogens is 4. The van der Waals surface area contributed by atoms with Gasteiger partial charge in [0.05, 0.1) is 10.6 Å². The van der Waals surface area contributed by atoms with E-state index in [0.29, 0.717) is 17.8 Å². The lowest BCUT2D eigenvalue weighted by atomic mass is 10.2. The second-order valence-electron chi connectivity index (χ2n) is 4.99. The van der Waals surface area contributed by atoms with Crippen LogP contribution in [0.4, 0.5) is 13.2 Å². The lowest BCUT2D eigenvalue weighted by molar-refractivity contribution is -0.137. The fourth-order valence-corrected chi connectivity index (χ4v) is 2.22. The molecule has 0 spiro atoms. The highest BCUT2D eigenvalue weighted by Gasteiger charge is 2.32. The Labute approximate surface area is 145 Å². The maximum Gasteiger partial charge on any atom is 0.417 e. The lowest BCUT2D eigenvalue weighted by Gasteiger charge is -2.10. The maximum atomic E-state index is 12.7. The number of hydrogen-bond donors (Lipinski definition) is 0. The maximum absolute atomic E-state index is 12.7. The molecule has 128 valence electrons. The number of aromatic nitrogens is 4. The van der Waals surface area contributed by atoms with Gasteiger partial charge in [0, 0.05) is 30.2 Å². The minimum atomic E-state index is -4.53. The summed E-state index contributed by atoms with van der Waals surface area (Å²) in [4.78, 5) is 16.1. The molecule has 5 nitrogen and oxygen atoms in total. The molecule has 9 heteroatoms. The predicted molar refractivity (Wildman–Crippen MR) is 84.3 cm³/mol. The van der Waals surface area contributed by atoms with Gasteiger partial charge in [0.15, 0.2) is 5.82 Å². The number of ether oxygens (including phenoxy) is 1. The first-order valence-electron chi connectivity index (χ1n) is 7.00. The van der Waals surface area contributed by atoms with Gasteiger partial charge in [-0.05, 0) is 19.1 Å². The number of rotatable bonds is 3. The molecule has 3 heterocycles. The van der Waals surface area contributed by atoms with E-state index < -0.39 is 11.7 Å². The largest absolute Gasteiger partial charge is 0.421 e. The first-order chi connectivity index (χ1) is 11.8. The second-order valence-corrected chi connectivity index (χ2v) is 5.40. The van der Waals surface area contributed by atoms with E-state index in [1.165, 1.54) is 0 Å². The van der Waals surface area contributed by atoms with Crippen molar-refractivity contribution in [2.45, 2.75) is 13.1 Å². The number of aryl methyl sites for hydroxylation is 1. The van der Waals surface area contributed by atoms with E-state index in [-0.39, 0.29) is 22.4 Å². The molecule has 25 heavy (non-hydrogen) atoms. The second kappa shape index (κ2) is 6.64. The Morgan fingerprint density at radius 1 is 1.04 bits per heavy atom. The third-order valence-electron chi connectivity index (χ3n) is 3.06. The molecule has 0 fully saturated rings. The van der Waals surface area contributed by atoms with E-state index in [1.54, 1.807) is 37.4 Å². The van der Waals surface area contributed by atoms with E-state index in [2.05, 4.69) is 19.9 Å². The summed E-state index contributed by atoms with van der Waals surface area (Å²) in [6.07, 6.45) is -2.29. The molecule has 3 aromatic heterocycles. The summed E-state index contributed by atoms with van der Waals surface area (Å²) in [6, 6.07) is 7.46. The Morgan fingerprint density at radius 2 is 1.84 bits per heavy atom. The highest BCUT2D eigenvalue weighted by molar-refractivity contribution is 6.32. The monoisotopic (exact) mass is 366 g/mol. The van der Waals surface area contributed by atoms with E-state index in [1.807, 2.05) is 0 Å². The van der Waals surface area contributed by atoms with Crippen LogP contribution in [0.25, 0.3) is 11.5 Å². The minimum Gasteiger partial charge on any atom is -0.421 e. The zero-order chi connectivity index (χ0) is 18.0. The summed E-state index contributed by atoms with van der Waals surface area (Å²) in [6.45, 7) is 1.69. The summed E-state index contributed by atoms with van der Waals surface area (Å²) in [5.74, 6) is 0.557. The van der Waals surface area contributed by atoms with E-state index >= 15 is 0 Å². The highest BCUT2D eigenvalue weighted by Crippen LogP contribution is 2.33. The van der Waals surface area contributed by atoms with Crippen LogP contribution in [-0.4, -0.2) is 19.9 Å². The Kier molecular flexibility index (Phi) is 4.54. The van der Waals surface area contributed by atoms with Crippen LogP contribution in [0.3, 0.4) is 0 Å². The summed E-state index contributed by atoms with van der Waals surface area (Å²) in [5.41, 5.74) is -0.378. The van der Waals surface area contributed by atoms with Gasteiger partial charge >= 0.3 is 6.18 Å². The summed E-state index contributed by atoms with van der Waals surface area (Å²) in [5, 5.41) is -0.204. The molecular weight excluding hydrogens is 357 g/mol. The van der Waals surface area contributed by atoms with Crippen LogP contribution in [-0.2, 0) is 6.18 Å². The SMILES string of the molecule is Cc1cc(Oc2ccccn2)nc(-c2ncc(C(F)(F)F)cc2Cl)n1. The fraction of sp³-hybridized carbons (Fsp3) is 0.125. The number of nitrogens with zero attached hydrogens (tertiary/aromatic N) is 4. The smallest absolute Gasteiger partial charge is 0.417 e. The van der Waals surface area contributed by atoms with Crippen molar-refractivity contribution in [1.29, 1.82) is 0 Å². The van der Waals surface area contributed by atoms with Crippen LogP contribution in [0.1, 0.15) is 11.3 Å². The first-order valence-corrected chi connectivity index (χ1v) is 7.38. The third-order valence-corrected chi connectivity index (χ3v) is 3.35. The van der Waals surface area contributed by atoms with Crippen LogP contribution < -0.4 is 4.74 Å². The van der Waals surface area contributed by atoms with Crippen LogP contribution in [0.15, 0.2) is 42.7 Å². The highest BCUT2D eigenvalue weighted by atomic mass is 35.5. The molecular formula is C16H10ClF3N4O. The van der Waals surface area contributed by atoms with Gasteiger partial charge in [0.2, 0.25) is 11.8 Å². The van der Waals surface area contributed by atoms with E-state index in [4.69, 9.17) is 16.3 Å². The average molecular weight is 367 g/mol. The Morgan fingerprint density at radius 3 is 2.48 bits per heavy atom. The van der Waals surface area contributed by atoms with Crippen molar-refractivity contribution < 1.29 is 17.9 Å². The summed E-state index contributed by atoms with van der Waals surface area (Å²) in [7, 11) is 0. The zero-order valence-electron chi connectivity index (χ0n) is 12.8. The van der Waals surface area contributed by atoms with Gasteiger partial charge in [-0.2, -0.15) is 18.2 Å². The number of hydrogen-bond acceptors (Lipinski definition) is 5. The van der Waals surface area contributed by atoms with Gasteiger partial charge in [-0.1, -0.05) is 17.7 Å². The molecule has 0 saturated carbocycles. The molecule has 0 aliphatic rings. The Balaban J connectivity index is 1.98. The van der Waals surface area contributed by atoms with Crippen molar-refractivity contribution >= 4 is 11.6 Å². The van der Waals surface area contributed by atoms with Gasteiger partial charge in [0.25, 0.3) is 0 Å². The molecule has 0 aliphatic heterocycles. The van der Waals surface area contributed by atoms with Crippen LogP contribution in [0, 0.1) is 6.92 Å². The molecule has 0 saturated heterocycles. The van der Waals surface area contributed by atoms with Crippen LogP contribution in [0.2, 0.25) is 5.02 Å². The van der Waals surface area contributed by atoms with Crippen molar-refractivity contribution in [3.05, 3.63) is 59.0 Å². The standard InChI is InChI=1S/C16H10ClF3N4O/c1-9-6-13(25-12-4-2-3-5-21-12)24-15(23-9)14-11(17)7-10(8-22-14)16(18,19)20/h2-8H,1H3.